The molecule has 5 heterocycles. The van der Waals surface area contributed by atoms with Crippen molar-refractivity contribution in [2.45, 2.75) is 19.3 Å². The molecule has 0 radical (unpaired) electrons. The van der Waals surface area contributed by atoms with Crippen molar-refractivity contribution in [2.24, 2.45) is 11.8 Å². The third-order valence-corrected chi connectivity index (χ3v) is 8.34. The second kappa shape index (κ2) is 8.08. The van der Waals surface area contributed by atoms with E-state index < -0.39 is 0 Å². The minimum absolute atomic E-state index is 0.0998. The van der Waals surface area contributed by atoms with Crippen LogP contribution >= 0.6 is 11.3 Å². The molecule has 2 bridgehead atoms. The number of nitrogens with one attached hydrogen (secondary N) is 1. The van der Waals surface area contributed by atoms with Crippen LogP contribution < -0.4 is 5.32 Å². The third-order valence-electron chi connectivity index (χ3n) is 7.33. The van der Waals surface area contributed by atoms with Crippen molar-refractivity contribution >= 4 is 38.2 Å². The van der Waals surface area contributed by atoms with Gasteiger partial charge in [-0.25, -0.2) is 4.98 Å². The van der Waals surface area contributed by atoms with Gasteiger partial charge in [-0.15, -0.1) is 0 Å². The average molecular weight is 459 g/mol. The lowest BCUT2D eigenvalue weighted by Crippen LogP contribution is -2.47. The largest absolute Gasteiger partial charge is 0.355 e. The summed E-state index contributed by atoms with van der Waals surface area (Å²) < 4.78 is 3.17. The van der Waals surface area contributed by atoms with Crippen molar-refractivity contribution in [1.29, 1.82) is 0 Å². The minimum atomic E-state index is -0.0998. The molecule has 2 aromatic carbocycles. The van der Waals surface area contributed by atoms with E-state index >= 15 is 0 Å². The van der Waals surface area contributed by atoms with Gasteiger partial charge in [-0.3, -0.25) is 14.0 Å². The second-order valence-electron chi connectivity index (χ2n) is 9.25. The number of rotatable bonds is 5. The molecule has 1 amide bonds. The molecule has 3 fully saturated rings. The first-order valence-electron chi connectivity index (χ1n) is 11.6. The molecule has 3 aliphatic rings. The van der Waals surface area contributed by atoms with Gasteiger partial charge in [0.05, 0.1) is 15.9 Å². The van der Waals surface area contributed by atoms with Crippen molar-refractivity contribution in [3.63, 3.8) is 0 Å². The first kappa shape index (κ1) is 20.6. The smallest absolute Gasteiger partial charge is 0.251 e. The predicted molar refractivity (Wildman–Crippen MR) is 131 cm³/mol. The summed E-state index contributed by atoms with van der Waals surface area (Å²) in [6.07, 6.45) is 5.18. The van der Waals surface area contributed by atoms with E-state index in [1.807, 2.05) is 48.7 Å². The molecule has 0 spiro atoms. The van der Waals surface area contributed by atoms with Crippen molar-refractivity contribution in [3.05, 3.63) is 59.8 Å². The van der Waals surface area contributed by atoms with E-state index in [0.717, 1.165) is 44.5 Å². The summed E-state index contributed by atoms with van der Waals surface area (Å²) in [5.74, 6) is 1.39. The molecule has 2 aromatic heterocycles. The molecular weight excluding hydrogens is 432 g/mol. The molecule has 168 valence electrons. The average Bonchev–Trinajstić information content (AvgIpc) is 3.42. The minimum Gasteiger partial charge on any atom is -0.355 e. The Morgan fingerprint density at radius 3 is 2.55 bits per heavy atom. The Morgan fingerprint density at radius 1 is 1.09 bits per heavy atom. The van der Waals surface area contributed by atoms with Crippen molar-refractivity contribution in [1.82, 2.24) is 19.6 Å². The monoisotopic (exact) mass is 458 g/mol. The number of hydrogen-bond acceptors (Lipinski definition) is 5. The maximum Gasteiger partial charge on any atom is 0.251 e. The lowest BCUT2D eigenvalue weighted by molar-refractivity contribution is 0.0441. The number of thiazole rings is 1. The molecule has 4 aromatic rings. The highest BCUT2D eigenvalue weighted by Crippen LogP contribution is 2.36. The van der Waals surface area contributed by atoms with Crippen molar-refractivity contribution < 1.29 is 9.59 Å². The van der Waals surface area contributed by atoms with E-state index in [0.29, 0.717) is 17.9 Å². The van der Waals surface area contributed by atoms with Crippen LogP contribution in [0.4, 0.5) is 0 Å². The van der Waals surface area contributed by atoms with Crippen LogP contribution in [0.2, 0.25) is 0 Å². The first-order chi connectivity index (χ1) is 16.1. The van der Waals surface area contributed by atoms with Crippen LogP contribution in [0.1, 0.15) is 40.0 Å². The number of Topliss-reactive ketones (excluding diaryl/α,β-unsaturated/α-hetero) is 1. The number of amides is 1. The van der Waals surface area contributed by atoms with E-state index in [-0.39, 0.29) is 11.7 Å². The highest BCUT2D eigenvalue weighted by molar-refractivity contribution is 7.23. The maximum atomic E-state index is 13.1. The Kier molecular flexibility index (Phi) is 5.03. The van der Waals surface area contributed by atoms with E-state index in [1.165, 1.54) is 25.9 Å². The Labute approximate surface area is 196 Å². The topological polar surface area (TPSA) is 66.7 Å². The van der Waals surface area contributed by atoms with Crippen LogP contribution in [-0.2, 0) is 0 Å². The number of nitrogens with zero attached hydrogens (tertiary/aromatic N) is 3. The number of piperidine rings is 3. The SMILES string of the molecule is CNC(=O)c1ccc(-c2cn3c(n2)sc2cc(C(=O)C[C@H]4CN5CCC4CC5)ccc23)cc1. The summed E-state index contributed by atoms with van der Waals surface area (Å²) in [6, 6.07) is 13.5. The third kappa shape index (κ3) is 3.65. The fourth-order valence-electron chi connectivity index (χ4n) is 5.43. The first-order valence-corrected chi connectivity index (χ1v) is 12.4. The molecule has 0 unspecified atom stereocenters. The highest BCUT2D eigenvalue weighted by atomic mass is 32.1. The standard InChI is InChI=1S/C26H26N4O2S/c1-27-25(32)18-4-2-17(3-5-18)21-15-30-22-7-6-19(13-24(22)33-26(30)28-21)23(31)12-20-14-29-10-8-16(20)9-11-29/h2-7,13,15-16,20H,8-12,14H2,1H3,(H,27,32)/t20-/m0/s1. The number of imidazole rings is 1. The van der Waals surface area contributed by atoms with Crippen LogP contribution in [0.5, 0.6) is 0 Å². The summed E-state index contributed by atoms with van der Waals surface area (Å²) in [5, 5.41) is 2.64. The van der Waals surface area contributed by atoms with Gasteiger partial charge in [0.1, 0.15) is 0 Å². The van der Waals surface area contributed by atoms with E-state index in [1.54, 1.807) is 18.4 Å². The molecule has 6 nitrogen and oxygen atoms in total. The van der Waals surface area contributed by atoms with Gasteiger partial charge in [-0.2, -0.15) is 0 Å². The van der Waals surface area contributed by atoms with Gasteiger partial charge in [0.2, 0.25) is 0 Å². The Balaban J connectivity index is 1.24. The highest BCUT2D eigenvalue weighted by Gasteiger charge is 2.35. The van der Waals surface area contributed by atoms with Gasteiger partial charge >= 0.3 is 0 Å². The number of fused-ring (bicyclic) bond motifs is 6. The number of benzene rings is 2. The zero-order valence-electron chi connectivity index (χ0n) is 18.6. The molecule has 0 aliphatic carbocycles. The van der Waals surface area contributed by atoms with Gasteiger partial charge in [0.25, 0.3) is 5.91 Å². The van der Waals surface area contributed by atoms with Crippen molar-refractivity contribution in [2.75, 3.05) is 26.7 Å². The zero-order valence-corrected chi connectivity index (χ0v) is 19.4. The molecule has 3 saturated heterocycles. The second-order valence-corrected chi connectivity index (χ2v) is 10.3. The van der Waals surface area contributed by atoms with Gasteiger partial charge in [0.15, 0.2) is 10.7 Å². The number of carbonyl (C=O) groups excluding carboxylic acids is 2. The van der Waals surface area contributed by atoms with Gasteiger partial charge in [-0.05, 0) is 68.1 Å². The van der Waals surface area contributed by atoms with E-state index in [9.17, 15) is 9.59 Å². The van der Waals surface area contributed by atoms with E-state index in [2.05, 4.69) is 14.6 Å². The zero-order chi connectivity index (χ0) is 22.5. The molecule has 3 aliphatic heterocycles. The number of ketones is 1. The molecular formula is C26H26N4O2S. The number of aromatic nitrogens is 2. The van der Waals surface area contributed by atoms with Gasteiger partial charge < -0.3 is 10.2 Å². The summed E-state index contributed by atoms with van der Waals surface area (Å²) in [7, 11) is 1.63. The molecule has 0 saturated carbocycles. The van der Waals surface area contributed by atoms with Crippen LogP contribution in [0, 0.1) is 11.8 Å². The van der Waals surface area contributed by atoms with Gasteiger partial charge in [-0.1, -0.05) is 23.5 Å². The Bertz CT molecular complexity index is 1360. The molecule has 7 heteroatoms. The Hall–Kier alpha value is -3.03. The molecule has 1 N–H and O–H groups in total. The number of hydrogen-bond donors (Lipinski definition) is 1. The van der Waals surface area contributed by atoms with Crippen LogP contribution in [-0.4, -0.2) is 52.7 Å². The summed E-state index contributed by atoms with van der Waals surface area (Å²) >= 11 is 1.61. The predicted octanol–water partition coefficient (Wildman–Crippen LogP) is 4.49. The van der Waals surface area contributed by atoms with Crippen LogP contribution in [0.25, 0.3) is 26.4 Å². The summed E-state index contributed by atoms with van der Waals surface area (Å²) in [5.41, 5.74) is 4.34. The number of carbonyl (C=O) groups is 2. The summed E-state index contributed by atoms with van der Waals surface area (Å²) in [6.45, 7) is 3.49. The fraction of sp³-hybridized carbons (Fsp3) is 0.346. The normalized spacial score (nSPS) is 22.2. The lowest BCUT2D eigenvalue weighted by Gasteiger charge is -2.44. The Morgan fingerprint density at radius 2 is 1.85 bits per heavy atom. The van der Waals surface area contributed by atoms with Crippen LogP contribution in [0.3, 0.4) is 0 Å². The lowest BCUT2D eigenvalue weighted by atomic mass is 9.76. The molecule has 1 atom stereocenters. The molecule has 33 heavy (non-hydrogen) atoms. The molecule has 7 rings (SSSR count). The van der Waals surface area contributed by atoms with E-state index in [4.69, 9.17) is 4.98 Å². The maximum absolute atomic E-state index is 13.1. The van der Waals surface area contributed by atoms with Crippen molar-refractivity contribution in [3.8, 4) is 11.3 Å². The fourth-order valence-corrected chi connectivity index (χ4v) is 6.47. The van der Waals surface area contributed by atoms with Gasteiger partial charge in [0, 0.05) is 42.9 Å². The van der Waals surface area contributed by atoms with Crippen LogP contribution in [0.15, 0.2) is 48.7 Å². The summed E-state index contributed by atoms with van der Waals surface area (Å²) in [4.78, 5) is 33.0. The quantitative estimate of drug-likeness (QED) is 0.448.